The molecule has 2 heteroatoms. The van der Waals surface area contributed by atoms with E-state index < -0.39 is 0 Å². The summed E-state index contributed by atoms with van der Waals surface area (Å²) in [6, 6.07) is 0. The van der Waals surface area contributed by atoms with Crippen LogP contribution in [-0.4, -0.2) is 5.91 Å². The Balaban J connectivity index is 2.15. The second-order valence-corrected chi connectivity index (χ2v) is 7.89. The first-order valence-corrected chi connectivity index (χ1v) is 10.0. The fraction of sp³-hybridized carbons (Fsp3) is 0.950. The zero-order valence-electron chi connectivity index (χ0n) is 14.7. The minimum absolute atomic E-state index is 0.0443. The van der Waals surface area contributed by atoms with Gasteiger partial charge < -0.3 is 5.73 Å². The lowest BCUT2D eigenvalue weighted by Crippen LogP contribution is -2.50. The number of unbranched alkanes of at least 4 members (excludes halogenated alkanes) is 3. The van der Waals surface area contributed by atoms with E-state index in [-0.39, 0.29) is 11.3 Å². The van der Waals surface area contributed by atoms with Crippen LogP contribution in [0.2, 0.25) is 0 Å². The molecule has 2 rings (SSSR count). The molecular weight excluding hydrogens is 270 g/mol. The maximum Gasteiger partial charge on any atom is 0.224 e. The van der Waals surface area contributed by atoms with Gasteiger partial charge in [-0.15, -0.1) is 0 Å². The van der Waals surface area contributed by atoms with Gasteiger partial charge in [-0.3, -0.25) is 4.79 Å². The molecule has 0 saturated heterocycles. The lowest BCUT2D eigenvalue weighted by molar-refractivity contribution is -0.139. The molecular formula is C20H37NO. The molecule has 0 heterocycles. The van der Waals surface area contributed by atoms with E-state index in [9.17, 15) is 4.79 Å². The second-order valence-electron chi connectivity index (χ2n) is 7.89. The highest BCUT2D eigenvalue weighted by Crippen LogP contribution is 2.51. The van der Waals surface area contributed by atoms with Crippen LogP contribution >= 0.6 is 0 Å². The van der Waals surface area contributed by atoms with Crippen LogP contribution in [0, 0.1) is 17.3 Å². The molecule has 2 aliphatic carbocycles. The van der Waals surface area contributed by atoms with Crippen molar-refractivity contribution in [3.63, 3.8) is 0 Å². The average molecular weight is 308 g/mol. The first-order chi connectivity index (χ1) is 10.7. The van der Waals surface area contributed by atoms with Gasteiger partial charge in [0, 0.05) is 0 Å². The van der Waals surface area contributed by atoms with Crippen LogP contribution in [0.4, 0.5) is 0 Å². The van der Waals surface area contributed by atoms with Gasteiger partial charge in [-0.25, -0.2) is 0 Å². The Kier molecular flexibility index (Phi) is 7.24. The monoisotopic (exact) mass is 307 g/mol. The number of hydrogen-bond acceptors (Lipinski definition) is 1. The Bertz CT molecular complexity index is 309. The van der Waals surface area contributed by atoms with Gasteiger partial charge in [0.05, 0.1) is 5.41 Å². The molecule has 1 amide bonds. The number of carbonyl (C=O) groups is 1. The summed E-state index contributed by atoms with van der Waals surface area (Å²) in [5, 5.41) is 0. The van der Waals surface area contributed by atoms with Crippen LogP contribution in [0.5, 0.6) is 0 Å². The van der Waals surface area contributed by atoms with Crippen LogP contribution in [0.15, 0.2) is 0 Å². The van der Waals surface area contributed by atoms with Gasteiger partial charge in [-0.05, 0) is 43.9 Å². The topological polar surface area (TPSA) is 43.1 Å². The first-order valence-electron chi connectivity index (χ1n) is 10.0. The quantitative estimate of drug-likeness (QED) is 0.584. The third-order valence-electron chi connectivity index (χ3n) is 6.57. The predicted molar refractivity (Wildman–Crippen MR) is 93.5 cm³/mol. The van der Waals surface area contributed by atoms with Crippen molar-refractivity contribution >= 4 is 5.91 Å². The largest absolute Gasteiger partial charge is 0.369 e. The summed E-state index contributed by atoms with van der Waals surface area (Å²) < 4.78 is 0. The highest BCUT2D eigenvalue weighted by molar-refractivity contribution is 5.81. The van der Waals surface area contributed by atoms with E-state index >= 15 is 0 Å². The third kappa shape index (κ3) is 4.06. The van der Waals surface area contributed by atoms with Gasteiger partial charge >= 0.3 is 0 Å². The number of primary amides is 1. The van der Waals surface area contributed by atoms with Crippen molar-refractivity contribution in [2.24, 2.45) is 23.0 Å². The fourth-order valence-electron chi connectivity index (χ4n) is 5.35. The van der Waals surface area contributed by atoms with E-state index in [0.29, 0.717) is 11.8 Å². The second kappa shape index (κ2) is 8.93. The zero-order chi connectivity index (χ0) is 15.8. The summed E-state index contributed by atoms with van der Waals surface area (Å²) in [7, 11) is 0. The number of rotatable bonds is 8. The van der Waals surface area contributed by atoms with Crippen LogP contribution in [0.3, 0.4) is 0 Å². The van der Waals surface area contributed by atoms with Gasteiger partial charge in [0.15, 0.2) is 0 Å². The summed E-state index contributed by atoms with van der Waals surface area (Å²) >= 11 is 0. The van der Waals surface area contributed by atoms with E-state index in [1.807, 2.05) is 0 Å². The van der Waals surface area contributed by atoms with Gasteiger partial charge in [0.25, 0.3) is 0 Å². The molecule has 0 unspecified atom stereocenters. The molecule has 0 atom stereocenters. The molecule has 2 fully saturated rings. The molecule has 22 heavy (non-hydrogen) atoms. The van der Waals surface area contributed by atoms with Crippen molar-refractivity contribution in [2.45, 2.75) is 103 Å². The minimum atomic E-state index is -0.172. The van der Waals surface area contributed by atoms with Crippen molar-refractivity contribution in [3.8, 4) is 0 Å². The maximum absolute atomic E-state index is 12.7. The standard InChI is InChI=1S/C20H37NO/c1-2-3-4-11-16-20(19(21)22,17-12-7-5-8-13-17)18-14-9-6-10-15-18/h17-18H,2-16H2,1H3,(H2,21,22). The van der Waals surface area contributed by atoms with Gasteiger partial charge in [-0.2, -0.15) is 0 Å². The Morgan fingerprint density at radius 3 is 1.77 bits per heavy atom. The molecule has 2 saturated carbocycles. The van der Waals surface area contributed by atoms with Crippen LogP contribution < -0.4 is 5.73 Å². The molecule has 0 radical (unpaired) electrons. The summed E-state index contributed by atoms with van der Waals surface area (Å²) in [6.45, 7) is 2.25. The van der Waals surface area contributed by atoms with Crippen molar-refractivity contribution in [3.05, 3.63) is 0 Å². The SMILES string of the molecule is CCCCCCC(C(N)=O)(C1CCCCC1)C1CCCCC1. The number of carbonyl (C=O) groups excluding carboxylic acids is 1. The smallest absolute Gasteiger partial charge is 0.224 e. The first kappa shape index (κ1) is 17.8. The van der Waals surface area contributed by atoms with E-state index in [2.05, 4.69) is 6.92 Å². The van der Waals surface area contributed by atoms with Crippen molar-refractivity contribution in [1.29, 1.82) is 0 Å². The third-order valence-corrected chi connectivity index (χ3v) is 6.57. The predicted octanol–water partition coefficient (Wildman–Crippen LogP) is 5.59. The lowest BCUT2D eigenvalue weighted by atomic mass is 9.56. The fourth-order valence-corrected chi connectivity index (χ4v) is 5.35. The van der Waals surface area contributed by atoms with Gasteiger partial charge in [0.1, 0.15) is 0 Å². The number of nitrogens with two attached hydrogens (primary N) is 1. The molecule has 2 nitrogen and oxygen atoms in total. The number of hydrogen-bond donors (Lipinski definition) is 1. The highest BCUT2D eigenvalue weighted by atomic mass is 16.1. The van der Waals surface area contributed by atoms with Crippen molar-refractivity contribution in [1.82, 2.24) is 0 Å². The summed E-state index contributed by atoms with van der Waals surface area (Å²) in [5.74, 6) is 1.19. The molecule has 0 aromatic heterocycles. The normalized spacial score (nSPS) is 21.9. The zero-order valence-corrected chi connectivity index (χ0v) is 14.7. The molecule has 0 aromatic carbocycles. The summed E-state index contributed by atoms with van der Waals surface area (Å²) in [6.07, 6.45) is 19.0. The summed E-state index contributed by atoms with van der Waals surface area (Å²) in [5.41, 5.74) is 5.94. The minimum Gasteiger partial charge on any atom is -0.369 e. The molecule has 128 valence electrons. The molecule has 2 N–H and O–H groups in total. The van der Waals surface area contributed by atoms with Crippen molar-refractivity contribution < 1.29 is 4.79 Å². The molecule has 0 bridgehead atoms. The Morgan fingerprint density at radius 2 is 1.36 bits per heavy atom. The van der Waals surface area contributed by atoms with Gasteiger partial charge in [0.2, 0.25) is 5.91 Å². The summed E-state index contributed by atoms with van der Waals surface area (Å²) in [4.78, 5) is 12.7. The van der Waals surface area contributed by atoms with Crippen LogP contribution in [0.1, 0.15) is 103 Å². The van der Waals surface area contributed by atoms with E-state index in [0.717, 1.165) is 6.42 Å². The molecule has 2 aliphatic rings. The van der Waals surface area contributed by atoms with Crippen molar-refractivity contribution in [2.75, 3.05) is 0 Å². The molecule has 0 aromatic rings. The molecule has 0 aliphatic heterocycles. The van der Waals surface area contributed by atoms with E-state index in [4.69, 9.17) is 5.73 Å². The van der Waals surface area contributed by atoms with Crippen LogP contribution in [-0.2, 0) is 4.79 Å². The van der Waals surface area contributed by atoms with Crippen LogP contribution in [0.25, 0.3) is 0 Å². The van der Waals surface area contributed by atoms with E-state index in [1.54, 1.807) is 0 Å². The van der Waals surface area contributed by atoms with Gasteiger partial charge in [-0.1, -0.05) is 71.1 Å². The Morgan fingerprint density at radius 1 is 0.864 bits per heavy atom. The number of amides is 1. The Labute approximate surface area is 137 Å². The Hall–Kier alpha value is -0.530. The van der Waals surface area contributed by atoms with E-state index in [1.165, 1.54) is 89.9 Å². The maximum atomic E-state index is 12.7. The lowest BCUT2D eigenvalue weighted by Gasteiger charge is -2.47. The molecule has 0 spiro atoms. The average Bonchev–Trinajstić information content (AvgIpc) is 2.56. The highest BCUT2D eigenvalue weighted by Gasteiger charge is 2.49.